The summed E-state index contributed by atoms with van der Waals surface area (Å²) in [6.07, 6.45) is 7.89. The van der Waals surface area contributed by atoms with Gasteiger partial charge in [-0.25, -0.2) is 0 Å². The first-order valence-electron chi connectivity index (χ1n) is 12.7. The van der Waals surface area contributed by atoms with Crippen LogP contribution < -0.4 is 5.73 Å². The van der Waals surface area contributed by atoms with Gasteiger partial charge in [0.15, 0.2) is 0 Å². The van der Waals surface area contributed by atoms with Crippen molar-refractivity contribution in [3.63, 3.8) is 0 Å². The fraction of sp³-hybridized carbons (Fsp3) is 0.375. The predicted octanol–water partition coefficient (Wildman–Crippen LogP) is 8.23. The molecule has 0 amide bonds. The number of rotatable bonds is 7. The van der Waals surface area contributed by atoms with Gasteiger partial charge in [-0.1, -0.05) is 108 Å². The van der Waals surface area contributed by atoms with Crippen molar-refractivity contribution in [2.24, 2.45) is 5.73 Å². The zero-order valence-electron chi connectivity index (χ0n) is 21.0. The zero-order chi connectivity index (χ0) is 23.6. The second-order valence-corrected chi connectivity index (χ2v) is 10.2. The second-order valence-electron chi connectivity index (χ2n) is 10.2. The highest BCUT2D eigenvalue weighted by Gasteiger charge is 2.32. The summed E-state index contributed by atoms with van der Waals surface area (Å²) in [7, 11) is 0. The Morgan fingerprint density at radius 1 is 0.818 bits per heavy atom. The molecule has 1 nitrogen and oxygen atoms in total. The Labute approximate surface area is 200 Å². The minimum absolute atomic E-state index is 0.0663. The van der Waals surface area contributed by atoms with Gasteiger partial charge in [0.05, 0.1) is 0 Å². The number of aryl methyl sites for hydroxylation is 1. The lowest BCUT2D eigenvalue weighted by molar-refractivity contribution is 0.413. The summed E-state index contributed by atoms with van der Waals surface area (Å²) >= 11 is 0. The van der Waals surface area contributed by atoms with Crippen LogP contribution in [0, 0.1) is 0 Å². The molecule has 0 atom stereocenters. The van der Waals surface area contributed by atoms with E-state index in [2.05, 4.69) is 107 Å². The predicted molar refractivity (Wildman–Crippen MR) is 143 cm³/mol. The molecule has 0 radical (unpaired) electrons. The summed E-state index contributed by atoms with van der Waals surface area (Å²) in [5.74, 6) is 0. The Morgan fingerprint density at radius 2 is 1.52 bits per heavy atom. The molecular weight excluding hydrogens is 398 g/mol. The van der Waals surface area contributed by atoms with Crippen molar-refractivity contribution in [3.8, 4) is 0 Å². The van der Waals surface area contributed by atoms with E-state index in [0.29, 0.717) is 0 Å². The molecule has 3 aromatic rings. The first kappa shape index (κ1) is 23.5. The highest BCUT2D eigenvalue weighted by atomic mass is 14.7. The molecule has 0 unspecified atom stereocenters. The molecule has 0 fully saturated rings. The first-order chi connectivity index (χ1) is 15.8. The molecular formula is C32H39N. The molecule has 0 spiro atoms. The van der Waals surface area contributed by atoms with Crippen LogP contribution in [-0.4, -0.2) is 0 Å². The van der Waals surface area contributed by atoms with Crippen LogP contribution in [0.3, 0.4) is 0 Å². The minimum Gasteiger partial charge on any atom is -0.321 e. The maximum atomic E-state index is 6.68. The lowest BCUT2D eigenvalue weighted by Gasteiger charge is -2.29. The minimum atomic E-state index is -0.252. The number of unbranched alkanes of at least 4 members (excludes halogenated alkanes) is 1. The third-order valence-corrected chi connectivity index (χ3v) is 7.83. The molecule has 0 saturated carbocycles. The Morgan fingerprint density at radius 3 is 2.18 bits per heavy atom. The Bertz CT molecular complexity index is 1140. The summed E-state index contributed by atoms with van der Waals surface area (Å²) in [5, 5.41) is 0. The van der Waals surface area contributed by atoms with E-state index in [-0.39, 0.29) is 11.0 Å². The van der Waals surface area contributed by atoms with Gasteiger partial charge in [-0.2, -0.15) is 0 Å². The summed E-state index contributed by atoms with van der Waals surface area (Å²) in [4.78, 5) is 0. The second kappa shape index (κ2) is 9.31. The zero-order valence-corrected chi connectivity index (χ0v) is 21.0. The van der Waals surface area contributed by atoms with Crippen LogP contribution in [-0.2, 0) is 17.4 Å². The van der Waals surface area contributed by atoms with Crippen LogP contribution in [0.4, 0.5) is 0 Å². The average molecular weight is 438 g/mol. The molecule has 0 bridgehead atoms. The lowest BCUT2D eigenvalue weighted by Crippen LogP contribution is -2.34. The number of hydrogen-bond acceptors (Lipinski definition) is 1. The molecule has 1 aliphatic carbocycles. The summed E-state index contributed by atoms with van der Waals surface area (Å²) < 4.78 is 0. The van der Waals surface area contributed by atoms with Gasteiger partial charge in [0.25, 0.3) is 0 Å². The Balaban J connectivity index is 1.87. The van der Waals surface area contributed by atoms with Crippen LogP contribution in [0.25, 0.3) is 11.6 Å². The molecule has 1 heteroatoms. The molecule has 0 heterocycles. The normalized spacial score (nSPS) is 14.8. The number of fused-ring (bicyclic) bond motifs is 2. The van der Waals surface area contributed by atoms with Crippen molar-refractivity contribution in [1.29, 1.82) is 0 Å². The summed E-state index contributed by atoms with van der Waals surface area (Å²) in [6, 6.07) is 25.0. The van der Waals surface area contributed by atoms with Crippen LogP contribution in [0.5, 0.6) is 0 Å². The van der Waals surface area contributed by atoms with Gasteiger partial charge in [0.2, 0.25) is 0 Å². The molecule has 1 aliphatic rings. The van der Waals surface area contributed by atoms with Crippen LogP contribution in [0.2, 0.25) is 0 Å². The van der Waals surface area contributed by atoms with Gasteiger partial charge in [-0.15, -0.1) is 0 Å². The molecule has 0 aromatic heterocycles. The molecule has 0 aliphatic heterocycles. The Kier molecular flexibility index (Phi) is 6.64. The summed E-state index contributed by atoms with van der Waals surface area (Å²) in [6.45, 7) is 11.4. The maximum Gasteiger partial charge on any atom is 0.0404 e. The van der Waals surface area contributed by atoms with Gasteiger partial charge in [-0.3, -0.25) is 0 Å². The van der Waals surface area contributed by atoms with E-state index in [4.69, 9.17) is 5.73 Å². The van der Waals surface area contributed by atoms with Gasteiger partial charge in [0, 0.05) is 11.0 Å². The number of benzene rings is 3. The maximum absolute atomic E-state index is 6.68. The van der Waals surface area contributed by atoms with E-state index in [9.17, 15) is 0 Å². The fourth-order valence-electron chi connectivity index (χ4n) is 5.33. The Hall–Kier alpha value is -2.64. The third kappa shape index (κ3) is 4.32. The molecule has 2 N–H and O–H groups in total. The number of hydrogen-bond donors (Lipinski definition) is 1. The van der Waals surface area contributed by atoms with E-state index < -0.39 is 0 Å². The SMILES string of the molecule is CCCCc1ccc2c(c1)C(C)(C)c1ccccc1C(c1ccc(C(N)(CC)CC)cc1)=C2. The quantitative estimate of drug-likeness (QED) is 0.396. The smallest absolute Gasteiger partial charge is 0.0404 e. The van der Waals surface area contributed by atoms with Crippen LogP contribution in [0.15, 0.2) is 66.7 Å². The van der Waals surface area contributed by atoms with Crippen molar-refractivity contribution in [2.45, 2.75) is 77.7 Å². The average Bonchev–Trinajstić information content (AvgIpc) is 2.95. The van der Waals surface area contributed by atoms with Crippen molar-refractivity contribution >= 4 is 11.6 Å². The lowest BCUT2D eigenvalue weighted by atomic mass is 9.74. The van der Waals surface area contributed by atoms with Crippen molar-refractivity contribution < 1.29 is 0 Å². The molecule has 172 valence electrons. The van der Waals surface area contributed by atoms with Crippen molar-refractivity contribution in [2.75, 3.05) is 0 Å². The largest absolute Gasteiger partial charge is 0.321 e. The van der Waals surface area contributed by atoms with Crippen molar-refractivity contribution in [3.05, 3.63) is 106 Å². The highest BCUT2D eigenvalue weighted by Crippen LogP contribution is 2.44. The van der Waals surface area contributed by atoms with Gasteiger partial charge >= 0.3 is 0 Å². The van der Waals surface area contributed by atoms with E-state index in [0.717, 1.165) is 19.3 Å². The molecule has 3 aromatic carbocycles. The fourth-order valence-corrected chi connectivity index (χ4v) is 5.33. The van der Waals surface area contributed by atoms with E-state index in [1.165, 1.54) is 57.4 Å². The molecule has 33 heavy (non-hydrogen) atoms. The van der Waals surface area contributed by atoms with Crippen molar-refractivity contribution in [1.82, 2.24) is 0 Å². The number of nitrogens with two attached hydrogens (primary N) is 1. The highest BCUT2D eigenvalue weighted by molar-refractivity contribution is 5.95. The van der Waals surface area contributed by atoms with E-state index in [1.54, 1.807) is 0 Å². The van der Waals surface area contributed by atoms with Gasteiger partial charge < -0.3 is 5.73 Å². The topological polar surface area (TPSA) is 26.0 Å². The standard InChI is InChI=1S/C32H39N/c1-6-9-12-23-15-16-25-22-28(24-17-19-26(20-18-24)32(33,7-2)8-3)27-13-10-11-14-29(27)31(4,5)30(25)21-23/h10-11,13-22H,6-9,12,33H2,1-5H3. The van der Waals surface area contributed by atoms with E-state index in [1.807, 2.05) is 0 Å². The van der Waals surface area contributed by atoms with Gasteiger partial charge in [-0.05, 0) is 76.3 Å². The van der Waals surface area contributed by atoms with E-state index >= 15 is 0 Å². The first-order valence-corrected chi connectivity index (χ1v) is 12.7. The monoisotopic (exact) mass is 437 g/mol. The summed E-state index contributed by atoms with van der Waals surface area (Å²) in [5.41, 5.74) is 17.0. The van der Waals surface area contributed by atoms with Crippen LogP contribution in [0.1, 0.15) is 99.2 Å². The third-order valence-electron chi connectivity index (χ3n) is 7.83. The van der Waals surface area contributed by atoms with Crippen LogP contribution >= 0.6 is 0 Å². The molecule has 0 saturated heterocycles. The van der Waals surface area contributed by atoms with Gasteiger partial charge in [0.1, 0.15) is 0 Å². The molecule has 4 rings (SSSR count).